The maximum absolute atomic E-state index is 13.8. The van der Waals surface area contributed by atoms with Crippen LogP contribution in [0.4, 0.5) is 5.82 Å². The Morgan fingerprint density at radius 2 is 1.52 bits per heavy atom. The van der Waals surface area contributed by atoms with Gasteiger partial charge in [0.15, 0.2) is 5.65 Å². The number of hydrogen-bond donors (Lipinski definition) is 5. The van der Waals surface area contributed by atoms with Crippen molar-refractivity contribution in [2.75, 3.05) is 5.73 Å². The lowest BCUT2D eigenvalue weighted by atomic mass is 9.80. The number of aromatic hydroxyl groups is 2. The van der Waals surface area contributed by atoms with Gasteiger partial charge in [-0.1, -0.05) is 48.0 Å². The maximum atomic E-state index is 13.8. The first kappa shape index (κ1) is 32.7. The van der Waals surface area contributed by atoms with Gasteiger partial charge in [0.1, 0.15) is 41.7 Å². The van der Waals surface area contributed by atoms with Crippen molar-refractivity contribution in [2.45, 2.75) is 13.1 Å². The second-order valence-electron chi connectivity index (χ2n) is 10.6. The third-order valence-electron chi connectivity index (χ3n) is 7.48. The smallest absolute Gasteiger partial charge is 0.488 e. The topological polar surface area (TPSA) is 185 Å². The highest BCUT2D eigenvalue weighted by molar-refractivity contribution is 9.10. The van der Waals surface area contributed by atoms with Crippen molar-refractivity contribution < 1.29 is 20.3 Å². The Morgan fingerprint density at radius 3 is 2.21 bits per heavy atom. The van der Waals surface area contributed by atoms with Gasteiger partial charge in [-0.3, -0.25) is 9.36 Å². The first-order chi connectivity index (χ1) is 23.1. The summed E-state index contributed by atoms with van der Waals surface area (Å²) < 4.78 is 3.92. The lowest BCUT2D eigenvalue weighted by molar-refractivity contribution is 0.425. The van der Waals surface area contributed by atoms with Crippen molar-refractivity contribution >= 4 is 67.9 Å². The number of anilines is 1. The van der Waals surface area contributed by atoms with Gasteiger partial charge >= 0.3 is 7.12 Å². The summed E-state index contributed by atoms with van der Waals surface area (Å²) in [6, 6.07) is 25.2. The average molecular weight is 727 g/mol. The van der Waals surface area contributed by atoms with Gasteiger partial charge in [-0.25, -0.2) is 19.6 Å². The zero-order valence-electron chi connectivity index (χ0n) is 24.9. The Bertz CT molecular complexity index is 2320. The van der Waals surface area contributed by atoms with Crippen LogP contribution in [-0.4, -0.2) is 56.7 Å². The Balaban J connectivity index is 0.000000345. The van der Waals surface area contributed by atoms with Gasteiger partial charge in [-0.15, -0.1) is 0 Å². The number of fused-ring (bicyclic) bond motifs is 2. The molecule has 0 unspecified atom stereocenters. The molecule has 0 fully saturated rings. The third-order valence-corrected chi connectivity index (χ3v) is 8.51. The van der Waals surface area contributed by atoms with E-state index in [4.69, 9.17) is 42.6 Å². The minimum Gasteiger partial charge on any atom is -0.508 e. The van der Waals surface area contributed by atoms with Crippen LogP contribution in [0, 0.1) is 0 Å². The number of phenols is 2. The molecule has 0 saturated carbocycles. The van der Waals surface area contributed by atoms with E-state index < -0.39 is 7.12 Å². The van der Waals surface area contributed by atoms with Crippen LogP contribution in [0.3, 0.4) is 0 Å². The molecular weight excluding hydrogens is 701 g/mol. The molecule has 0 spiro atoms. The average Bonchev–Trinajstić information content (AvgIpc) is 3.44. The number of hydrogen-bond acceptors (Lipinski definition) is 10. The van der Waals surface area contributed by atoms with Gasteiger partial charge in [0, 0.05) is 15.1 Å². The van der Waals surface area contributed by atoms with Crippen LogP contribution in [0.25, 0.3) is 33.2 Å². The summed E-state index contributed by atoms with van der Waals surface area (Å²) in [5.41, 5.74) is 9.54. The Labute approximate surface area is 286 Å². The van der Waals surface area contributed by atoms with E-state index in [1.165, 1.54) is 30.6 Å². The predicted octanol–water partition coefficient (Wildman–Crippen LogP) is 4.08. The van der Waals surface area contributed by atoms with Crippen molar-refractivity contribution in [3.05, 3.63) is 129 Å². The van der Waals surface area contributed by atoms with Crippen LogP contribution in [0.2, 0.25) is 5.02 Å². The number of nitrogen functional groups attached to an aromatic ring is 1. The van der Waals surface area contributed by atoms with Gasteiger partial charge in [0.05, 0.1) is 22.8 Å². The van der Waals surface area contributed by atoms with Crippen LogP contribution in [0.15, 0.2) is 107 Å². The molecular formula is C33H26BBrClN7O5. The van der Waals surface area contributed by atoms with E-state index in [1.54, 1.807) is 45.6 Å². The molecule has 3 aromatic heterocycles. The lowest BCUT2D eigenvalue weighted by Gasteiger charge is -2.15. The normalized spacial score (nSPS) is 11.0. The van der Waals surface area contributed by atoms with Crippen molar-refractivity contribution in [1.29, 1.82) is 0 Å². The quantitative estimate of drug-likeness (QED) is 0.157. The van der Waals surface area contributed by atoms with Gasteiger partial charge < -0.3 is 26.0 Å². The Kier molecular flexibility index (Phi) is 9.41. The molecule has 0 bridgehead atoms. The summed E-state index contributed by atoms with van der Waals surface area (Å²) in [6.07, 6.45) is 1.37. The minimum absolute atomic E-state index is 0.115. The molecule has 12 nitrogen and oxygen atoms in total. The Morgan fingerprint density at radius 1 is 0.833 bits per heavy atom. The van der Waals surface area contributed by atoms with E-state index in [9.17, 15) is 9.90 Å². The number of halogens is 2. The van der Waals surface area contributed by atoms with E-state index in [1.807, 2.05) is 30.3 Å². The molecule has 0 aliphatic carbocycles. The highest BCUT2D eigenvalue weighted by Gasteiger charge is 2.21. The SMILES string of the molecule is Nc1ncnc2c1c(-c1ccc(O)cc1)nn2Cc1nc2cccc(Br)c2c(=O)n1Cc1ccccc1Cl.OB(O)c1ccc(O)cc1. The van der Waals surface area contributed by atoms with Gasteiger partial charge in [0.25, 0.3) is 5.56 Å². The van der Waals surface area contributed by atoms with Crippen molar-refractivity contribution in [1.82, 2.24) is 29.3 Å². The zero-order chi connectivity index (χ0) is 33.9. The molecule has 7 aromatic rings. The van der Waals surface area contributed by atoms with Crippen molar-refractivity contribution in [3.8, 4) is 22.8 Å². The second-order valence-corrected chi connectivity index (χ2v) is 11.9. The molecule has 4 aromatic carbocycles. The minimum atomic E-state index is -1.46. The third kappa shape index (κ3) is 6.73. The number of benzene rings is 4. The molecule has 0 atom stereocenters. The van der Waals surface area contributed by atoms with Crippen LogP contribution in [-0.2, 0) is 13.1 Å². The molecule has 15 heteroatoms. The van der Waals surface area contributed by atoms with Crippen LogP contribution in [0.1, 0.15) is 11.4 Å². The monoisotopic (exact) mass is 725 g/mol. The summed E-state index contributed by atoms with van der Waals surface area (Å²) in [4.78, 5) is 27.3. The molecule has 0 saturated heterocycles. The number of nitrogens with two attached hydrogens (primary N) is 1. The van der Waals surface area contributed by atoms with E-state index >= 15 is 0 Å². The molecule has 7 rings (SSSR count). The van der Waals surface area contributed by atoms with Crippen LogP contribution in [0.5, 0.6) is 11.5 Å². The fraction of sp³-hybridized carbons (Fsp3) is 0.0606. The highest BCUT2D eigenvalue weighted by atomic mass is 79.9. The molecule has 240 valence electrons. The summed E-state index contributed by atoms with van der Waals surface area (Å²) >= 11 is 9.96. The van der Waals surface area contributed by atoms with E-state index in [0.29, 0.717) is 48.4 Å². The number of aromatic nitrogens is 6. The molecule has 0 radical (unpaired) electrons. The predicted molar refractivity (Wildman–Crippen MR) is 188 cm³/mol. The second kappa shape index (κ2) is 13.8. The van der Waals surface area contributed by atoms with Gasteiger partial charge in [0.2, 0.25) is 0 Å². The first-order valence-electron chi connectivity index (χ1n) is 14.4. The Hall–Kier alpha value is -5.28. The summed E-state index contributed by atoms with van der Waals surface area (Å²) in [7, 11) is -1.46. The molecule has 3 heterocycles. The maximum Gasteiger partial charge on any atom is 0.488 e. The summed E-state index contributed by atoms with van der Waals surface area (Å²) in [5, 5.41) is 42.1. The first-order valence-corrected chi connectivity index (χ1v) is 15.6. The van der Waals surface area contributed by atoms with Crippen molar-refractivity contribution in [2.24, 2.45) is 0 Å². The standard InChI is InChI=1S/C27H19BrClN7O2.C6H7BO3/c28-18-5-3-7-20-22(18)27(38)35(12-16-4-1-2-6-19(16)29)21(33-20)13-36-26-23(25(30)31-14-32-26)24(34-36)15-8-10-17(37)11-9-15;8-6-3-1-5(2-4-6)7(9)10/h1-11,14,37H,12-13H2,(H2,30,31,32);1-4,8-10H. The summed E-state index contributed by atoms with van der Waals surface area (Å²) in [6.45, 7) is 0.354. The zero-order valence-corrected chi connectivity index (χ0v) is 27.3. The fourth-order valence-electron chi connectivity index (χ4n) is 5.09. The molecule has 0 aliphatic heterocycles. The van der Waals surface area contributed by atoms with Crippen LogP contribution >= 0.6 is 27.5 Å². The van der Waals surface area contributed by atoms with Crippen molar-refractivity contribution in [3.63, 3.8) is 0 Å². The number of rotatable bonds is 6. The fourth-order valence-corrected chi connectivity index (χ4v) is 5.81. The van der Waals surface area contributed by atoms with E-state index in [2.05, 4.69) is 25.9 Å². The van der Waals surface area contributed by atoms with Gasteiger partial charge in [-0.05, 0) is 81.6 Å². The summed E-state index contributed by atoms with van der Waals surface area (Å²) in [5.74, 6) is 0.994. The highest BCUT2D eigenvalue weighted by Crippen LogP contribution is 2.31. The van der Waals surface area contributed by atoms with Crippen LogP contribution < -0.4 is 16.8 Å². The van der Waals surface area contributed by atoms with E-state index in [0.717, 1.165) is 11.1 Å². The number of phenolic OH excluding ortho intramolecular Hbond substituents is 2. The molecule has 6 N–H and O–H groups in total. The molecule has 0 aliphatic rings. The molecule has 0 amide bonds. The van der Waals surface area contributed by atoms with E-state index in [-0.39, 0.29) is 36.0 Å². The molecule has 48 heavy (non-hydrogen) atoms. The number of nitrogens with zero attached hydrogens (tertiary/aromatic N) is 6. The lowest BCUT2D eigenvalue weighted by Crippen LogP contribution is -2.29. The van der Waals surface area contributed by atoms with Gasteiger partial charge in [-0.2, -0.15) is 5.10 Å². The largest absolute Gasteiger partial charge is 0.508 e.